The molecule has 1 amide bonds. The number of carbonyl (C=O) groups excluding carboxylic acids is 2. The molecule has 0 bridgehead atoms. The normalized spacial score (nSPS) is 17.5. The smallest absolute Gasteiger partial charge is 0.338 e. The summed E-state index contributed by atoms with van der Waals surface area (Å²) in [6, 6.07) is 7.80. The molecule has 7 nitrogen and oxygen atoms in total. The number of esters is 1. The van der Waals surface area contributed by atoms with Gasteiger partial charge in [0.1, 0.15) is 6.61 Å². The number of amides is 1. The quantitative estimate of drug-likeness (QED) is 0.313. The van der Waals surface area contributed by atoms with Crippen LogP contribution in [0.5, 0.6) is 0 Å². The van der Waals surface area contributed by atoms with Crippen molar-refractivity contribution >= 4 is 28.8 Å². The summed E-state index contributed by atoms with van der Waals surface area (Å²) in [4.78, 5) is 32.2. The number of allylic oxidation sites excluding steroid dienone is 1. The maximum absolute atomic E-state index is 13.1. The molecule has 2 aliphatic heterocycles. The monoisotopic (exact) mass is 469 g/mol. The summed E-state index contributed by atoms with van der Waals surface area (Å²) < 4.78 is 10.4. The number of thioether (sulfide) groups is 1. The molecule has 176 valence electrons. The first kappa shape index (κ1) is 24.8. The Hall–Kier alpha value is -2.84. The summed E-state index contributed by atoms with van der Waals surface area (Å²) in [6.45, 7) is 10.7. The lowest BCUT2D eigenvalue weighted by Gasteiger charge is -2.36. The van der Waals surface area contributed by atoms with Crippen LogP contribution in [0, 0.1) is 0 Å². The van der Waals surface area contributed by atoms with Gasteiger partial charge in [0.15, 0.2) is 5.17 Å². The van der Waals surface area contributed by atoms with E-state index in [1.165, 1.54) is 17.3 Å². The molecule has 1 N–H and O–H groups in total. The molecule has 0 aliphatic carbocycles. The van der Waals surface area contributed by atoms with E-state index in [1.807, 2.05) is 29.4 Å². The number of ether oxygens (including phenoxy) is 2. The largest absolute Gasteiger partial charge is 0.458 e. The number of hydrogen-bond donors (Lipinski definition) is 1. The van der Waals surface area contributed by atoms with Gasteiger partial charge in [-0.3, -0.25) is 4.79 Å². The van der Waals surface area contributed by atoms with Gasteiger partial charge in [0, 0.05) is 19.4 Å². The fourth-order valence-electron chi connectivity index (χ4n) is 3.74. The summed E-state index contributed by atoms with van der Waals surface area (Å²) in [5.74, 6) is -0.157. The summed E-state index contributed by atoms with van der Waals surface area (Å²) in [5.41, 5.74) is 4.01. The third-order valence-corrected chi connectivity index (χ3v) is 6.33. The summed E-state index contributed by atoms with van der Waals surface area (Å²) in [7, 11) is 1.59. The Bertz CT molecular complexity index is 995. The van der Waals surface area contributed by atoms with Crippen molar-refractivity contribution in [1.29, 1.82) is 0 Å². The fraction of sp³-hybridized carbons (Fsp3) is 0.400. The molecule has 8 heteroatoms. The first-order chi connectivity index (χ1) is 15.9. The topological polar surface area (TPSA) is 80.2 Å². The molecule has 0 aromatic heterocycles. The molecular weight excluding hydrogens is 438 g/mol. The van der Waals surface area contributed by atoms with Crippen LogP contribution in [0.1, 0.15) is 50.3 Å². The van der Waals surface area contributed by atoms with E-state index < -0.39 is 12.0 Å². The Balaban J connectivity index is 1.97. The molecular formula is C25H31N3O4S. The molecule has 1 aromatic rings. The van der Waals surface area contributed by atoms with Gasteiger partial charge in [0.25, 0.3) is 0 Å². The standard InChI is InChI=1S/C25H31N3O4S/c1-6-12-32-24(30)22-17(4)27-25-28(20(15-33-25)14-21(29)26-11-13-31-5)23(22)19-9-7-18(8-10-19)16(2)3/h6-10,15-16,23H,1,11-14H2,2-5H3,(H,26,29). The molecule has 3 rings (SSSR count). The first-order valence-electron chi connectivity index (χ1n) is 10.9. The Morgan fingerprint density at radius 2 is 2.03 bits per heavy atom. The average molecular weight is 470 g/mol. The maximum Gasteiger partial charge on any atom is 0.338 e. The van der Waals surface area contributed by atoms with Crippen LogP contribution in [0.3, 0.4) is 0 Å². The highest BCUT2D eigenvalue weighted by atomic mass is 32.2. The average Bonchev–Trinajstić information content (AvgIpc) is 3.18. The van der Waals surface area contributed by atoms with Crippen LogP contribution in [-0.4, -0.2) is 48.8 Å². The summed E-state index contributed by atoms with van der Waals surface area (Å²) in [6.07, 6.45) is 1.71. The van der Waals surface area contributed by atoms with Crippen LogP contribution in [0.25, 0.3) is 0 Å². The Morgan fingerprint density at radius 1 is 1.30 bits per heavy atom. The minimum absolute atomic E-state index is 0.115. The van der Waals surface area contributed by atoms with Gasteiger partial charge in [-0.05, 0) is 29.4 Å². The van der Waals surface area contributed by atoms with E-state index in [0.717, 1.165) is 16.4 Å². The van der Waals surface area contributed by atoms with E-state index in [-0.39, 0.29) is 18.9 Å². The van der Waals surface area contributed by atoms with Gasteiger partial charge in [-0.15, -0.1) is 0 Å². The minimum atomic E-state index is -0.441. The van der Waals surface area contributed by atoms with Crippen LogP contribution >= 0.6 is 11.8 Å². The number of rotatable bonds is 10. The zero-order chi connectivity index (χ0) is 24.0. The molecule has 0 radical (unpaired) electrons. The highest BCUT2D eigenvalue weighted by Crippen LogP contribution is 2.45. The zero-order valence-electron chi connectivity index (χ0n) is 19.6. The van der Waals surface area contributed by atoms with Gasteiger partial charge in [-0.2, -0.15) is 0 Å². The highest BCUT2D eigenvalue weighted by molar-refractivity contribution is 8.16. The van der Waals surface area contributed by atoms with Crippen molar-refractivity contribution in [2.45, 2.75) is 39.2 Å². The van der Waals surface area contributed by atoms with E-state index >= 15 is 0 Å². The van der Waals surface area contributed by atoms with E-state index in [1.54, 1.807) is 13.2 Å². The first-order valence-corrected chi connectivity index (χ1v) is 11.8. The molecule has 0 saturated heterocycles. The van der Waals surface area contributed by atoms with Gasteiger partial charge in [-0.1, -0.05) is 62.5 Å². The maximum atomic E-state index is 13.1. The summed E-state index contributed by atoms with van der Waals surface area (Å²) >= 11 is 1.45. The molecule has 1 unspecified atom stereocenters. The fourth-order valence-corrected chi connectivity index (χ4v) is 4.71. The molecule has 0 saturated carbocycles. The second-order valence-electron chi connectivity index (χ2n) is 8.12. The van der Waals surface area contributed by atoms with Crippen molar-refractivity contribution in [2.24, 2.45) is 4.99 Å². The predicted molar refractivity (Wildman–Crippen MR) is 132 cm³/mol. The molecule has 0 fully saturated rings. The lowest BCUT2D eigenvalue weighted by Crippen LogP contribution is -2.38. The number of aliphatic imine (C=N–C) groups is 1. The third-order valence-electron chi connectivity index (χ3n) is 5.44. The third kappa shape index (κ3) is 5.75. The number of hydrogen-bond acceptors (Lipinski definition) is 7. The molecule has 0 spiro atoms. The van der Waals surface area contributed by atoms with Crippen LogP contribution in [-0.2, 0) is 19.1 Å². The van der Waals surface area contributed by atoms with Crippen molar-refractivity contribution in [3.8, 4) is 0 Å². The van der Waals surface area contributed by atoms with Crippen molar-refractivity contribution in [2.75, 3.05) is 26.9 Å². The molecule has 1 aromatic carbocycles. The Kier molecular flexibility index (Phi) is 8.52. The second-order valence-corrected chi connectivity index (χ2v) is 8.96. The number of benzene rings is 1. The molecule has 1 atom stereocenters. The van der Waals surface area contributed by atoms with Gasteiger partial charge in [-0.25, -0.2) is 9.79 Å². The number of nitrogens with one attached hydrogen (secondary N) is 1. The van der Waals surface area contributed by atoms with E-state index in [2.05, 4.69) is 42.9 Å². The summed E-state index contributed by atoms with van der Waals surface area (Å²) in [5, 5.41) is 5.52. The van der Waals surface area contributed by atoms with E-state index in [9.17, 15) is 9.59 Å². The van der Waals surface area contributed by atoms with Crippen molar-refractivity contribution in [3.63, 3.8) is 0 Å². The van der Waals surface area contributed by atoms with Gasteiger partial charge in [0.2, 0.25) is 5.91 Å². The molecule has 33 heavy (non-hydrogen) atoms. The Labute approximate surface area is 199 Å². The van der Waals surface area contributed by atoms with Crippen LogP contribution in [0.15, 0.2) is 64.3 Å². The van der Waals surface area contributed by atoms with Crippen molar-refractivity contribution in [1.82, 2.24) is 10.2 Å². The van der Waals surface area contributed by atoms with E-state index in [0.29, 0.717) is 30.3 Å². The Morgan fingerprint density at radius 3 is 2.67 bits per heavy atom. The van der Waals surface area contributed by atoms with Crippen molar-refractivity contribution in [3.05, 3.63) is 70.4 Å². The van der Waals surface area contributed by atoms with E-state index in [4.69, 9.17) is 9.47 Å². The number of methoxy groups -OCH3 is 1. The second kappa shape index (κ2) is 11.3. The lowest BCUT2D eigenvalue weighted by atomic mass is 9.92. The van der Waals surface area contributed by atoms with Crippen molar-refractivity contribution < 1.29 is 19.1 Å². The minimum Gasteiger partial charge on any atom is -0.458 e. The molecule has 2 heterocycles. The van der Waals surface area contributed by atoms with Crippen LogP contribution in [0.4, 0.5) is 0 Å². The SMILES string of the molecule is C=CCOC(=O)C1=C(C)N=C2SC=C(CC(=O)NCCOC)N2C1c1ccc(C(C)C)cc1. The number of fused-ring (bicyclic) bond motifs is 1. The predicted octanol–water partition coefficient (Wildman–Crippen LogP) is 4.27. The van der Waals surface area contributed by atoms with Crippen LogP contribution < -0.4 is 5.32 Å². The number of carbonyl (C=O) groups is 2. The number of nitrogens with zero attached hydrogens (tertiary/aromatic N) is 2. The lowest BCUT2D eigenvalue weighted by molar-refractivity contribution is -0.138. The highest BCUT2D eigenvalue weighted by Gasteiger charge is 2.41. The zero-order valence-corrected chi connectivity index (χ0v) is 20.4. The van der Waals surface area contributed by atoms with Gasteiger partial charge >= 0.3 is 5.97 Å². The van der Waals surface area contributed by atoms with Crippen LogP contribution in [0.2, 0.25) is 0 Å². The molecule has 2 aliphatic rings. The van der Waals surface area contributed by atoms with Gasteiger partial charge in [0.05, 0.1) is 30.3 Å². The van der Waals surface area contributed by atoms with Gasteiger partial charge < -0.3 is 19.7 Å². The number of amidine groups is 1.